The fourth-order valence-corrected chi connectivity index (χ4v) is 2.74. The Morgan fingerprint density at radius 1 is 1.16 bits per heavy atom. The van der Waals surface area contributed by atoms with Crippen molar-refractivity contribution in [3.05, 3.63) is 70.1 Å². The lowest BCUT2D eigenvalue weighted by molar-refractivity contribution is 0.485. The van der Waals surface area contributed by atoms with Crippen LogP contribution in [0.15, 0.2) is 62.3 Å². The number of nitrogens with zero attached hydrogens (tertiary/aromatic N) is 1. The zero-order chi connectivity index (χ0) is 17.4. The number of aromatic amines is 1. The molecule has 0 bridgehead atoms. The molecule has 126 valence electrons. The first-order valence-corrected chi connectivity index (χ1v) is 8.08. The molecule has 1 atom stereocenters. The van der Waals surface area contributed by atoms with E-state index in [-0.39, 0.29) is 6.04 Å². The number of oxazole rings is 2. The van der Waals surface area contributed by atoms with Gasteiger partial charge in [-0.25, -0.2) is 9.78 Å². The predicted octanol–water partition coefficient (Wildman–Crippen LogP) is 4.60. The summed E-state index contributed by atoms with van der Waals surface area (Å²) in [6.45, 7) is 1.92. The van der Waals surface area contributed by atoms with Crippen LogP contribution in [0.25, 0.3) is 22.4 Å². The summed E-state index contributed by atoms with van der Waals surface area (Å²) in [5.41, 5.74) is 2.70. The maximum absolute atomic E-state index is 11.4. The molecule has 0 saturated carbocycles. The summed E-state index contributed by atoms with van der Waals surface area (Å²) >= 11 is 5.90. The molecule has 2 heterocycles. The average molecular weight is 356 g/mol. The van der Waals surface area contributed by atoms with Gasteiger partial charge in [-0.1, -0.05) is 17.7 Å². The number of aromatic nitrogens is 2. The maximum Gasteiger partial charge on any atom is 0.417 e. The predicted molar refractivity (Wildman–Crippen MR) is 95.8 cm³/mol. The number of benzene rings is 2. The number of para-hydroxylation sites is 1. The van der Waals surface area contributed by atoms with Crippen molar-refractivity contribution < 1.29 is 8.83 Å². The van der Waals surface area contributed by atoms with Crippen LogP contribution in [0.4, 0.5) is 5.69 Å². The number of halogens is 1. The van der Waals surface area contributed by atoms with Crippen LogP contribution in [0.3, 0.4) is 0 Å². The van der Waals surface area contributed by atoms with E-state index < -0.39 is 5.76 Å². The maximum atomic E-state index is 11.4. The first-order valence-electron chi connectivity index (χ1n) is 7.70. The second kappa shape index (κ2) is 6.14. The van der Waals surface area contributed by atoms with Crippen LogP contribution in [0.5, 0.6) is 0 Å². The number of hydrogen-bond donors (Lipinski definition) is 2. The van der Waals surface area contributed by atoms with Gasteiger partial charge in [0.05, 0.1) is 17.4 Å². The monoisotopic (exact) mass is 355 g/mol. The minimum Gasteiger partial charge on any atom is -0.438 e. The van der Waals surface area contributed by atoms with E-state index in [4.69, 9.17) is 20.4 Å². The standard InChI is InChI=1S/C18H14ClN3O3/c1-10(21-13-3-2-4-14-16(13)25-18(23)22-14)17-20-9-15(24-17)11-5-7-12(19)8-6-11/h2-10,21H,1H3,(H,22,23). The third-order valence-corrected chi connectivity index (χ3v) is 4.09. The quantitative estimate of drug-likeness (QED) is 0.558. The number of nitrogens with one attached hydrogen (secondary N) is 2. The van der Waals surface area contributed by atoms with E-state index in [9.17, 15) is 4.79 Å². The van der Waals surface area contributed by atoms with Gasteiger partial charge in [-0.2, -0.15) is 0 Å². The van der Waals surface area contributed by atoms with Gasteiger partial charge in [0.2, 0.25) is 5.89 Å². The molecule has 2 aromatic carbocycles. The van der Waals surface area contributed by atoms with Crippen molar-refractivity contribution >= 4 is 28.4 Å². The first kappa shape index (κ1) is 15.5. The van der Waals surface area contributed by atoms with E-state index in [0.717, 1.165) is 5.56 Å². The summed E-state index contributed by atoms with van der Waals surface area (Å²) in [5.74, 6) is 0.699. The molecule has 7 heteroatoms. The summed E-state index contributed by atoms with van der Waals surface area (Å²) in [7, 11) is 0. The van der Waals surface area contributed by atoms with Crippen molar-refractivity contribution in [2.75, 3.05) is 5.32 Å². The molecule has 0 radical (unpaired) electrons. The van der Waals surface area contributed by atoms with Crippen LogP contribution < -0.4 is 11.1 Å². The second-order valence-electron chi connectivity index (χ2n) is 5.63. The molecule has 4 aromatic rings. The number of anilines is 1. The molecule has 0 fully saturated rings. The van der Waals surface area contributed by atoms with Gasteiger partial charge in [0, 0.05) is 10.6 Å². The van der Waals surface area contributed by atoms with Crippen molar-refractivity contribution in [3.63, 3.8) is 0 Å². The van der Waals surface area contributed by atoms with Crippen LogP contribution in [-0.2, 0) is 0 Å². The van der Waals surface area contributed by atoms with Gasteiger partial charge in [-0.15, -0.1) is 0 Å². The van der Waals surface area contributed by atoms with E-state index >= 15 is 0 Å². The molecule has 0 spiro atoms. The van der Waals surface area contributed by atoms with Gasteiger partial charge < -0.3 is 14.2 Å². The zero-order valence-corrected chi connectivity index (χ0v) is 14.0. The number of hydrogen-bond acceptors (Lipinski definition) is 5. The largest absolute Gasteiger partial charge is 0.438 e. The molecule has 0 saturated heterocycles. The van der Waals surface area contributed by atoms with Crippen molar-refractivity contribution in [2.24, 2.45) is 0 Å². The molecule has 0 aliphatic heterocycles. The molecular weight excluding hydrogens is 342 g/mol. The van der Waals surface area contributed by atoms with E-state index in [1.807, 2.05) is 31.2 Å². The van der Waals surface area contributed by atoms with E-state index in [1.165, 1.54) is 0 Å². The number of fused-ring (bicyclic) bond motifs is 1. The van der Waals surface area contributed by atoms with E-state index in [0.29, 0.717) is 33.5 Å². The third kappa shape index (κ3) is 3.04. The Balaban J connectivity index is 1.60. The molecular formula is C18H14ClN3O3. The highest BCUT2D eigenvalue weighted by Gasteiger charge is 2.16. The molecule has 2 aromatic heterocycles. The summed E-state index contributed by atoms with van der Waals surface area (Å²) < 4.78 is 11.0. The lowest BCUT2D eigenvalue weighted by Crippen LogP contribution is -2.07. The smallest absolute Gasteiger partial charge is 0.417 e. The normalized spacial score (nSPS) is 12.4. The Morgan fingerprint density at radius 2 is 1.96 bits per heavy atom. The molecule has 4 rings (SSSR count). The fourth-order valence-electron chi connectivity index (χ4n) is 2.62. The average Bonchev–Trinajstić information content (AvgIpc) is 3.22. The topological polar surface area (TPSA) is 84.1 Å². The fraction of sp³-hybridized carbons (Fsp3) is 0.111. The van der Waals surface area contributed by atoms with Crippen LogP contribution in [0.1, 0.15) is 18.9 Å². The Morgan fingerprint density at radius 3 is 2.76 bits per heavy atom. The van der Waals surface area contributed by atoms with Crippen LogP contribution in [-0.4, -0.2) is 9.97 Å². The molecule has 1 unspecified atom stereocenters. The zero-order valence-electron chi connectivity index (χ0n) is 13.2. The molecule has 0 amide bonds. The van der Waals surface area contributed by atoms with Crippen LogP contribution >= 0.6 is 11.6 Å². The van der Waals surface area contributed by atoms with Gasteiger partial charge in [0.15, 0.2) is 11.3 Å². The summed E-state index contributed by atoms with van der Waals surface area (Å²) in [4.78, 5) is 18.4. The molecule has 0 aliphatic rings. The Hall–Kier alpha value is -2.99. The van der Waals surface area contributed by atoms with Crippen LogP contribution in [0.2, 0.25) is 5.02 Å². The lowest BCUT2D eigenvalue weighted by Gasteiger charge is -2.11. The molecule has 25 heavy (non-hydrogen) atoms. The highest BCUT2D eigenvalue weighted by atomic mass is 35.5. The van der Waals surface area contributed by atoms with Gasteiger partial charge in [-0.05, 0) is 43.3 Å². The molecule has 6 nitrogen and oxygen atoms in total. The second-order valence-corrected chi connectivity index (χ2v) is 6.07. The van der Waals surface area contributed by atoms with E-state index in [2.05, 4.69) is 15.3 Å². The highest BCUT2D eigenvalue weighted by Crippen LogP contribution is 2.28. The highest BCUT2D eigenvalue weighted by molar-refractivity contribution is 6.30. The summed E-state index contributed by atoms with van der Waals surface area (Å²) in [6.07, 6.45) is 1.67. The Labute approximate surface area is 147 Å². The molecule has 0 aliphatic carbocycles. The van der Waals surface area contributed by atoms with Gasteiger partial charge in [0.1, 0.15) is 6.04 Å². The third-order valence-electron chi connectivity index (χ3n) is 3.84. The Kier molecular flexibility index (Phi) is 3.82. The van der Waals surface area contributed by atoms with Crippen molar-refractivity contribution in [1.82, 2.24) is 9.97 Å². The Bertz CT molecular complexity index is 1080. The van der Waals surface area contributed by atoms with Crippen LogP contribution in [0, 0.1) is 0 Å². The van der Waals surface area contributed by atoms with Gasteiger partial charge in [-0.3, -0.25) is 4.98 Å². The minimum atomic E-state index is -0.488. The number of rotatable bonds is 4. The molecule has 2 N–H and O–H groups in total. The lowest BCUT2D eigenvalue weighted by atomic mass is 10.2. The first-order chi connectivity index (χ1) is 12.1. The minimum absolute atomic E-state index is 0.216. The van der Waals surface area contributed by atoms with Gasteiger partial charge >= 0.3 is 5.76 Å². The van der Waals surface area contributed by atoms with Crippen molar-refractivity contribution in [1.29, 1.82) is 0 Å². The van der Waals surface area contributed by atoms with Crippen molar-refractivity contribution in [3.8, 4) is 11.3 Å². The van der Waals surface area contributed by atoms with Gasteiger partial charge in [0.25, 0.3) is 0 Å². The number of H-pyrrole nitrogens is 1. The van der Waals surface area contributed by atoms with E-state index in [1.54, 1.807) is 24.4 Å². The summed E-state index contributed by atoms with van der Waals surface area (Å²) in [6, 6.07) is 12.6. The van der Waals surface area contributed by atoms with Crippen molar-refractivity contribution in [2.45, 2.75) is 13.0 Å². The summed E-state index contributed by atoms with van der Waals surface area (Å²) in [5, 5.41) is 3.92. The SMILES string of the molecule is CC(Nc1cccc2[nH]c(=O)oc12)c1ncc(-c2ccc(Cl)cc2)o1.